The summed E-state index contributed by atoms with van der Waals surface area (Å²) < 4.78 is 10.7. The van der Waals surface area contributed by atoms with Gasteiger partial charge in [0.1, 0.15) is 11.3 Å². The van der Waals surface area contributed by atoms with Crippen LogP contribution in [0.3, 0.4) is 0 Å². The van der Waals surface area contributed by atoms with E-state index in [4.69, 9.17) is 20.8 Å². The van der Waals surface area contributed by atoms with Crippen molar-refractivity contribution in [2.75, 3.05) is 0 Å². The number of ether oxygens (including phenoxy) is 1. The van der Waals surface area contributed by atoms with Crippen molar-refractivity contribution in [2.24, 2.45) is 0 Å². The van der Waals surface area contributed by atoms with E-state index in [2.05, 4.69) is 0 Å². The summed E-state index contributed by atoms with van der Waals surface area (Å²) in [5, 5.41) is 12.0. The first-order valence-corrected chi connectivity index (χ1v) is 6.99. The lowest BCUT2D eigenvalue weighted by atomic mass is 10.1. The maximum Gasteiger partial charge on any atom is 0.336 e. The highest BCUT2D eigenvalue weighted by Crippen LogP contribution is 2.37. The Labute approximate surface area is 135 Å². The van der Waals surface area contributed by atoms with E-state index in [1.54, 1.807) is 19.1 Å². The molecule has 0 saturated heterocycles. The van der Waals surface area contributed by atoms with Crippen LogP contribution >= 0.6 is 11.6 Å². The predicted molar refractivity (Wildman–Crippen MR) is 85.4 cm³/mol. The number of fused-ring (bicyclic) bond motifs is 1. The van der Waals surface area contributed by atoms with Crippen LogP contribution in [-0.4, -0.2) is 4.92 Å². The maximum atomic E-state index is 11.5. The minimum Gasteiger partial charge on any atom is -0.448 e. The van der Waals surface area contributed by atoms with Crippen molar-refractivity contribution in [2.45, 2.75) is 6.92 Å². The number of nitrogens with zero attached hydrogens (tertiary/aromatic N) is 1. The minimum atomic E-state index is -0.547. The van der Waals surface area contributed by atoms with Gasteiger partial charge in [0.25, 0.3) is 0 Å². The third kappa shape index (κ3) is 2.89. The Balaban J connectivity index is 2.13. The maximum absolute atomic E-state index is 11.5. The SMILES string of the molecule is Cc1cc(=O)oc2cc(Oc3ccccc3[N+](=O)[O-])c(Cl)cc12. The van der Waals surface area contributed by atoms with Gasteiger partial charge in [-0.15, -0.1) is 0 Å². The summed E-state index contributed by atoms with van der Waals surface area (Å²) in [4.78, 5) is 22.0. The monoisotopic (exact) mass is 331 g/mol. The van der Waals surface area contributed by atoms with E-state index in [-0.39, 0.29) is 22.2 Å². The standard InChI is InChI=1S/C16H10ClNO5/c1-9-6-16(19)23-14-8-15(11(17)7-10(9)14)22-13-5-3-2-4-12(13)18(20)21/h2-8H,1H3. The van der Waals surface area contributed by atoms with E-state index < -0.39 is 10.5 Å². The molecule has 0 bridgehead atoms. The zero-order valence-corrected chi connectivity index (χ0v) is 12.7. The van der Waals surface area contributed by atoms with E-state index in [0.717, 1.165) is 5.56 Å². The molecule has 0 amide bonds. The van der Waals surface area contributed by atoms with E-state index in [1.807, 2.05) is 0 Å². The summed E-state index contributed by atoms with van der Waals surface area (Å²) in [6.45, 7) is 1.76. The fourth-order valence-electron chi connectivity index (χ4n) is 2.21. The summed E-state index contributed by atoms with van der Waals surface area (Å²) in [5.41, 5.74) is 0.340. The predicted octanol–water partition coefficient (Wildman–Crippen LogP) is 4.46. The van der Waals surface area contributed by atoms with Crippen LogP contribution in [0.5, 0.6) is 11.5 Å². The molecule has 0 saturated carbocycles. The van der Waals surface area contributed by atoms with E-state index in [9.17, 15) is 14.9 Å². The molecule has 1 heterocycles. The molecule has 23 heavy (non-hydrogen) atoms. The first-order chi connectivity index (χ1) is 11.0. The Morgan fingerprint density at radius 3 is 2.65 bits per heavy atom. The molecule has 0 radical (unpaired) electrons. The number of nitro groups is 1. The number of hydrogen-bond acceptors (Lipinski definition) is 5. The number of para-hydroxylation sites is 2. The summed E-state index contributed by atoms with van der Waals surface area (Å²) in [5.74, 6) is 0.218. The van der Waals surface area contributed by atoms with Gasteiger partial charge < -0.3 is 9.15 Å². The van der Waals surface area contributed by atoms with Crippen LogP contribution in [0.4, 0.5) is 5.69 Å². The van der Waals surface area contributed by atoms with Crippen LogP contribution in [0, 0.1) is 17.0 Å². The molecule has 0 aliphatic carbocycles. The van der Waals surface area contributed by atoms with Gasteiger partial charge in [-0.3, -0.25) is 10.1 Å². The van der Waals surface area contributed by atoms with Crippen molar-refractivity contribution in [3.8, 4) is 11.5 Å². The number of nitro benzene ring substituents is 1. The van der Waals surface area contributed by atoms with Crippen LogP contribution in [0.15, 0.2) is 51.7 Å². The van der Waals surface area contributed by atoms with Crippen LogP contribution in [0.25, 0.3) is 11.0 Å². The Bertz CT molecular complexity index is 980. The molecule has 6 nitrogen and oxygen atoms in total. The molecule has 0 spiro atoms. The zero-order chi connectivity index (χ0) is 16.6. The van der Waals surface area contributed by atoms with Gasteiger partial charge in [-0.25, -0.2) is 4.79 Å². The van der Waals surface area contributed by atoms with Crippen molar-refractivity contribution in [1.29, 1.82) is 0 Å². The molecule has 0 aliphatic rings. The third-order valence-corrected chi connectivity index (χ3v) is 3.58. The quantitative estimate of drug-likeness (QED) is 0.402. The van der Waals surface area contributed by atoms with Crippen molar-refractivity contribution in [3.05, 3.63) is 73.6 Å². The van der Waals surface area contributed by atoms with Crippen molar-refractivity contribution < 1.29 is 14.1 Å². The van der Waals surface area contributed by atoms with Gasteiger partial charge in [0.15, 0.2) is 0 Å². The van der Waals surface area contributed by atoms with Gasteiger partial charge in [-0.1, -0.05) is 23.7 Å². The topological polar surface area (TPSA) is 82.6 Å². The number of rotatable bonds is 3. The number of hydrogen-bond donors (Lipinski definition) is 0. The Hall–Kier alpha value is -2.86. The Morgan fingerprint density at radius 1 is 1.17 bits per heavy atom. The molecule has 3 aromatic rings. The van der Waals surface area contributed by atoms with Crippen molar-refractivity contribution in [3.63, 3.8) is 0 Å². The molecule has 2 aromatic carbocycles. The molecule has 0 fully saturated rings. The molecule has 116 valence electrons. The van der Waals surface area contributed by atoms with E-state index in [0.29, 0.717) is 11.0 Å². The highest BCUT2D eigenvalue weighted by Gasteiger charge is 2.17. The molecule has 0 N–H and O–H groups in total. The lowest BCUT2D eigenvalue weighted by Crippen LogP contribution is -1.98. The van der Waals surface area contributed by atoms with Gasteiger partial charge in [-0.2, -0.15) is 0 Å². The lowest BCUT2D eigenvalue weighted by Gasteiger charge is -2.09. The van der Waals surface area contributed by atoms with Gasteiger partial charge in [-0.05, 0) is 24.6 Å². The Morgan fingerprint density at radius 2 is 1.91 bits per heavy atom. The van der Waals surface area contributed by atoms with Gasteiger partial charge in [0, 0.05) is 23.6 Å². The van der Waals surface area contributed by atoms with E-state index in [1.165, 1.54) is 30.3 Å². The van der Waals surface area contributed by atoms with Gasteiger partial charge in [0.05, 0.1) is 9.95 Å². The second-order valence-electron chi connectivity index (χ2n) is 4.85. The Kier molecular flexibility index (Phi) is 3.75. The average Bonchev–Trinajstić information content (AvgIpc) is 2.49. The average molecular weight is 332 g/mol. The van der Waals surface area contributed by atoms with Gasteiger partial charge in [0.2, 0.25) is 5.75 Å². The molecule has 0 atom stereocenters. The molecular formula is C16H10ClNO5. The van der Waals surface area contributed by atoms with Crippen LogP contribution in [0.1, 0.15) is 5.56 Å². The van der Waals surface area contributed by atoms with E-state index >= 15 is 0 Å². The zero-order valence-electron chi connectivity index (χ0n) is 11.9. The summed E-state index contributed by atoms with van der Waals surface area (Å²) in [6.07, 6.45) is 0. The van der Waals surface area contributed by atoms with Crippen molar-refractivity contribution >= 4 is 28.3 Å². The normalized spacial score (nSPS) is 10.7. The minimum absolute atomic E-state index is 0.0498. The molecule has 1 aromatic heterocycles. The highest BCUT2D eigenvalue weighted by molar-refractivity contribution is 6.32. The van der Waals surface area contributed by atoms with Crippen LogP contribution < -0.4 is 10.4 Å². The molecule has 3 rings (SSSR count). The van der Waals surface area contributed by atoms with Gasteiger partial charge >= 0.3 is 11.3 Å². The lowest BCUT2D eigenvalue weighted by molar-refractivity contribution is -0.385. The summed E-state index contributed by atoms with van der Waals surface area (Å²) >= 11 is 6.18. The number of benzene rings is 2. The first-order valence-electron chi connectivity index (χ1n) is 6.61. The fraction of sp³-hybridized carbons (Fsp3) is 0.0625. The number of halogens is 1. The second kappa shape index (κ2) is 5.73. The number of aryl methyl sites for hydroxylation is 1. The molecule has 0 unspecified atom stereocenters. The first kappa shape index (κ1) is 15.1. The largest absolute Gasteiger partial charge is 0.448 e. The second-order valence-corrected chi connectivity index (χ2v) is 5.26. The molecule has 0 aliphatic heterocycles. The fourth-order valence-corrected chi connectivity index (χ4v) is 2.41. The van der Waals surface area contributed by atoms with Crippen LogP contribution in [-0.2, 0) is 0 Å². The summed E-state index contributed by atoms with van der Waals surface area (Å²) in [6, 6.07) is 10.3. The summed E-state index contributed by atoms with van der Waals surface area (Å²) in [7, 11) is 0. The molecular weight excluding hydrogens is 322 g/mol. The van der Waals surface area contributed by atoms with Crippen molar-refractivity contribution in [1.82, 2.24) is 0 Å². The van der Waals surface area contributed by atoms with Crippen LogP contribution in [0.2, 0.25) is 5.02 Å². The highest BCUT2D eigenvalue weighted by atomic mass is 35.5. The smallest absolute Gasteiger partial charge is 0.336 e. The third-order valence-electron chi connectivity index (χ3n) is 3.29. The molecule has 7 heteroatoms.